The minimum Gasteiger partial charge on any atom is -0.507 e. The molecule has 4 aliphatic carbocycles. The zero-order valence-electron chi connectivity index (χ0n) is 13.0. The molecule has 4 nitrogen and oxygen atoms in total. The lowest BCUT2D eigenvalue weighted by Gasteiger charge is -2.55. The predicted octanol–water partition coefficient (Wildman–Crippen LogP) is 3.71. The lowest BCUT2D eigenvalue weighted by molar-refractivity contribution is -0.146. The van der Waals surface area contributed by atoms with Gasteiger partial charge in [-0.3, -0.25) is 4.79 Å². The van der Waals surface area contributed by atoms with Gasteiger partial charge in [0.1, 0.15) is 5.75 Å². The molecular formula is C18H21ClN2O2. The molecule has 0 heterocycles. The highest BCUT2D eigenvalue weighted by atomic mass is 35.5. The first-order chi connectivity index (χ1) is 11.0. The molecule has 0 aromatic heterocycles. The van der Waals surface area contributed by atoms with Crippen LogP contribution in [0.15, 0.2) is 23.3 Å². The fourth-order valence-corrected chi connectivity index (χ4v) is 5.48. The number of halogens is 1. The van der Waals surface area contributed by atoms with Crippen LogP contribution in [-0.4, -0.2) is 17.2 Å². The van der Waals surface area contributed by atoms with Crippen molar-refractivity contribution in [3.05, 3.63) is 28.8 Å². The van der Waals surface area contributed by atoms with Gasteiger partial charge in [-0.1, -0.05) is 11.6 Å². The van der Waals surface area contributed by atoms with Crippen LogP contribution in [-0.2, 0) is 4.79 Å². The highest BCUT2D eigenvalue weighted by Crippen LogP contribution is 2.60. The smallest absolute Gasteiger partial charge is 0.246 e. The van der Waals surface area contributed by atoms with E-state index in [4.69, 9.17) is 11.6 Å². The number of amides is 1. The van der Waals surface area contributed by atoms with Crippen LogP contribution in [0.4, 0.5) is 0 Å². The molecule has 5 heteroatoms. The number of phenolic OH excluding ortho intramolecular Hbond substituents is 1. The van der Waals surface area contributed by atoms with Gasteiger partial charge in [0.15, 0.2) is 0 Å². The molecule has 0 atom stereocenters. The summed E-state index contributed by atoms with van der Waals surface area (Å²) in [6.45, 7) is 0. The number of hydrogen-bond donors (Lipinski definition) is 2. The Kier molecular flexibility index (Phi) is 3.60. The zero-order valence-corrected chi connectivity index (χ0v) is 13.7. The SMILES string of the molecule is O=C(NN=Cc1cc(Cl)ccc1O)C12CC3CC(CC(C3)C1)C2. The van der Waals surface area contributed by atoms with Gasteiger partial charge in [-0.05, 0) is 74.5 Å². The quantitative estimate of drug-likeness (QED) is 0.654. The van der Waals surface area contributed by atoms with Crippen molar-refractivity contribution in [3.8, 4) is 5.75 Å². The number of hydrazone groups is 1. The minimum absolute atomic E-state index is 0.0503. The molecule has 4 saturated carbocycles. The van der Waals surface area contributed by atoms with E-state index in [-0.39, 0.29) is 17.1 Å². The second-order valence-electron chi connectivity index (χ2n) is 7.60. The molecule has 0 unspecified atom stereocenters. The first kappa shape index (κ1) is 15.0. The summed E-state index contributed by atoms with van der Waals surface area (Å²) in [4.78, 5) is 12.7. The van der Waals surface area contributed by atoms with E-state index in [9.17, 15) is 9.90 Å². The summed E-state index contributed by atoms with van der Waals surface area (Å²) in [5.41, 5.74) is 3.01. The van der Waals surface area contributed by atoms with Crippen molar-refractivity contribution in [2.75, 3.05) is 0 Å². The Labute approximate surface area is 140 Å². The van der Waals surface area contributed by atoms with Crippen molar-refractivity contribution in [1.29, 1.82) is 0 Å². The third-order valence-corrected chi connectivity index (χ3v) is 6.11. The van der Waals surface area contributed by atoms with Crippen molar-refractivity contribution in [2.45, 2.75) is 38.5 Å². The monoisotopic (exact) mass is 332 g/mol. The molecule has 1 aromatic rings. The Bertz CT molecular complexity index is 636. The van der Waals surface area contributed by atoms with Crippen molar-refractivity contribution in [3.63, 3.8) is 0 Å². The molecule has 1 aromatic carbocycles. The van der Waals surface area contributed by atoms with Gasteiger partial charge >= 0.3 is 0 Å². The van der Waals surface area contributed by atoms with Crippen LogP contribution >= 0.6 is 11.6 Å². The molecule has 23 heavy (non-hydrogen) atoms. The average Bonchev–Trinajstić information content (AvgIpc) is 2.49. The molecule has 5 rings (SSSR count). The average molecular weight is 333 g/mol. The van der Waals surface area contributed by atoms with Gasteiger partial charge in [0.25, 0.3) is 0 Å². The van der Waals surface area contributed by atoms with E-state index in [0.717, 1.165) is 37.0 Å². The van der Waals surface area contributed by atoms with Gasteiger partial charge in [-0.15, -0.1) is 0 Å². The fraction of sp³-hybridized carbons (Fsp3) is 0.556. The van der Waals surface area contributed by atoms with Gasteiger partial charge in [0, 0.05) is 10.6 Å². The number of nitrogens with one attached hydrogen (secondary N) is 1. The summed E-state index contributed by atoms with van der Waals surface area (Å²) in [6, 6.07) is 4.75. The van der Waals surface area contributed by atoms with Crippen LogP contribution in [0.3, 0.4) is 0 Å². The molecule has 4 bridgehead atoms. The first-order valence-corrected chi connectivity index (χ1v) is 8.74. The molecule has 0 radical (unpaired) electrons. The summed E-state index contributed by atoms with van der Waals surface area (Å²) >= 11 is 5.91. The van der Waals surface area contributed by atoms with E-state index in [2.05, 4.69) is 10.5 Å². The Morgan fingerprint density at radius 3 is 2.43 bits per heavy atom. The number of carbonyl (C=O) groups is 1. The summed E-state index contributed by atoms with van der Waals surface area (Å²) in [5.74, 6) is 2.34. The van der Waals surface area contributed by atoms with E-state index in [0.29, 0.717) is 10.6 Å². The molecule has 1 amide bonds. The van der Waals surface area contributed by atoms with E-state index < -0.39 is 0 Å². The van der Waals surface area contributed by atoms with Crippen molar-refractivity contribution < 1.29 is 9.90 Å². The largest absolute Gasteiger partial charge is 0.507 e. The number of hydrogen-bond acceptors (Lipinski definition) is 3. The Morgan fingerprint density at radius 2 is 1.83 bits per heavy atom. The number of phenols is 1. The van der Waals surface area contributed by atoms with E-state index in [1.54, 1.807) is 12.1 Å². The maximum Gasteiger partial charge on any atom is 0.246 e. The second-order valence-corrected chi connectivity index (χ2v) is 8.04. The predicted molar refractivity (Wildman–Crippen MR) is 89.5 cm³/mol. The van der Waals surface area contributed by atoms with Crippen LogP contribution in [0.1, 0.15) is 44.1 Å². The molecule has 4 fully saturated rings. The third-order valence-electron chi connectivity index (χ3n) is 5.88. The van der Waals surface area contributed by atoms with Crippen LogP contribution in [0, 0.1) is 23.2 Å². The van der Waals surface area contributed by atoms with E-state index >= 15 is 0 Å². The van der Waals surface area contributed by atoms with Gasteiger partial charge < -0.3 is 5.11 Å². The summed E-state index contributed by atoms with van der Waals surface area (Å²) < 4.78 is 0. The van der Waals surface area contributed by atoms with Crippen molar-refractivity contribution in [1.82, 2.24) is 5.43 Å². The molecule has 2 N–H and O–H groups in total. The van der Waals surface area contributed by atoms with Crippen LogP contribution in [0.5, 0.6) is 5.75 Å². The van der Waals surface area contributed by atoms with Gasteiger partial charge in [-0.25, -0.2) is 5.43 Å². The molecule has 4 aliphatic rings. The third kappa shape index (κ3) is 2.74. The van der Waals surface area contributed by atoms with Crippen LogP contribution in [0.25, 0.3) is 0 Å². The van der Waals surface area contributed by atoms with Gasteiger partial charge in [0.2, 0.25) is 5.91 Å². The molecule has 0 saturated heterocycles. The van der Waals surface area contributed by atoms with Crippen LogP contribution < -0.4 is 5.43 Å². The van der Waals surface area contributed by atoms with Gasteiger partial charge in [-0.2, -0.15) is 5.10 Å². The summed E-state index contributed by atoms with van der Waals surface area (Å²) in [7, 11) is 0. The fourth-order valence-electron chi connectivity index (χ4n) is 5.30. The van der Waals surface area contributed by atoms with E-state index in [1.807, 2.05) is 0 Å². The van der Waals surface area contributed by atoms with Crippen molar-refractivity contribution >= 4 is 23.7 Å². The molecular weight excluding hydrogens is 312 g/mol. The number of aromatic hydroxyl groups is 1. The normalized spacial score (nSPS) is 34.9. The van der Waals surface area contributed by atoms with Gasteiger partial charge in [0.05, 0.1) is 11.6 Å². The first-order valence-electron chi connectivity index (χ1n) is 8.36. The topological polar surface area (TPSA) is 61.7 Å². The lowest BCUT2D eigenvalue weighted by Crippen LogP contribution is -2.52. The molecule has 122 valence electrons. The summed E-state index contributed by atoms with van der Waals surface area (Å²) in [5, 5.41) is 14.3. The minimum atomic E-state index is -0.206. The highest BCUT2D eigenvalue weighted by Gasteiger charge is 2.54. The molecule has 0 spiro atoms. The van der Waals surface area contributed by atoms with Crippen molar-refractivity contribution in [2.24, 2.45) is 28.3 Å². The molecule has 0 aliphatic heterocycles. The standard InChI is InChI=1S/C18H21ClN2O2/c19-15-1-2-16(22)14(6-15)10-20-21-17(23)18-7-11-3-12(8-18)5-13(4-11)9-18/h1-2,6,10-13,22H,3-5,7-9H2,(H,21,23). The summed E-state index contributed by atoms with van der Waals surface area (Å²) in [6.07, 6.45) is 8.44. The number of benzene rings is 1. The number of rotatable bonds is 3. The number of carbonyl (C=O) groups excluding carboxylic acids is 1. The number of nitrogens with zero attached hydrogens (tertiary/aromatic N) is 1. The second kappa shape index (κ2) is 5.52. The zero-order chi connectivity index (χ0) is 16.0. The lowest BCUT2D eigenvalue weighted by atomic mass is 9.49. The van der Waals surface area contributed by atoms with E-state index in [1.165, 1.54) is 31.5 Å². The highest BCUT2D eigenvalue weighted by molar-refractivity contribution is 6.30. The Hall–Kier alpha value is -1.55. The Morgan fingerprint density at radius 1 is 1.22 bits per heavy atom. The van der Waals surface area contributed by atoms with Crippen LogP contribution in [0.2, 0.25) is 5.02 Å². The maximum atomic E-state index is 12.7. The Balaban J connectivity index is 1.46. The maximum absolute atomic E-state index is 12.7.